The summed E-state index contributed by atoms with van der Waals surface area (Å²) in [6.07, 6.45) is 3.13. The highest BCUT2D eigenvalue weighted by molar-refractivity contribution is 7.99. The van der Waals surface area contributed by atoms with Gasteiger partial charge in [-0.05, 0) is 48.4 Å². The first-order valence-corrected chi connectivity index (χ1v) is 13.5. The van der Waals surface area contributed by atoms with Crippen LogP contribution in [0.25, 0.3) is 0 Å². The molecule has 2 aliphatic rings. The number of allylic oxidation sites excluding steroid dienone is 2. The van der Waals surface area contributed by atoms with E-state index in [0.717, 1.165) is 47.6 Å². The molecule has 2 N–H and O–H groups in total. The molecule has 2 aromatic carbocycles. The summed E-state index contributed by atoms with van der Waals surface area (Å²) in [7, 11) is 0. The van der Waals surface area contributed by atoms with Gasteiger partial charge in [0.2, 0.25) is 0 Å². The van der Waals surface area contributed by atoms with Gasteiger partial charge >= 0.3 is 0 Å². The maximum Gasteiger partial charge on any atom is 0.257 e. The van der Waals surface area contributed by atoms with Gasteiger partial charge in [-0.3, -0.25) is 9.59 Å². The van der Waals surface area contributed by atoms with Crippen LogP contribution in [-0.4, -0.2) is 21.5 Å². The Balaban J connectivity index is 1.46. The number of rotatable bonds is 8. The zero-order valence-electron chi connectivity index (χ0n) is 20.7. The van der Waals surface area contributed by atoms with Gasteiger partial charge in [0, 0.05) is 29.4 Å². The number of ether oxygens (including phenoxy) is 1. The molecule has 5 rings (SSSR count). The number of fused-ring (bicyclic) bond motifs is 1. The molecule has 7 heteroatoms. The van der Waals surface area contributed by atoms with E-state index in [1.54, 1.807) is 11.8 Å². The molecule has 0 amide bonds. The molecule has 0 radical (unpaired) electrons. The Morgan fingerprint density at radius 3 is 2.58 bits per heavy atom. The van der Waals surface area contributed by atoms with E-state index in [2.05, 4.69) is 24.1 Å². The van der Waals surface area contributed by atoms with Crippen LogP contribution in [0.1, 0.15) is 62.1 Å². The van der Waals surface area contributed by atoms with Gasteiger partial charge in [-0.1, -0.05) is 68.1 Å². The Bertz CT molecular complexity index is 1330. The van der Waals surface area contributed by atoms with Gasteiger partial charge in [-0.25, -0.2) is 4.98 Å². The Hall–Kier alpha value is -3.32. The first kappa shape index (κ1) is 24.4. The summed E-state index contributed by atoms with van der Waals surface area (Å²) in [5.41, 5.74) is 3.88. The third-order valence-corrected chi connectivity index (χ3v) is 7.54. The predicted molar refractivity (Wildman–Crippen MR) is 144 cm³/mol. The molecule has 0 saturated carbocycles. The first-order valence-electron chi connectivity index (χ1n) is 12.6. The zero-order valence-corrected chi connectivity index (χ0v) is 21.5. The fourth-order valence-corrected chi connectivity index (χ4v) is 5.83. The minimum Gasteiger partial charge on any atom is -0.489 e. The Kier molecular flexibility index (Phi) is 7.28. The molecule has 36 heavy (non-hydrogen) atoms. The van der Waals surface area contributed by atoms with E-state index >= 15 is 0 Å². The van der Waals surface area contributed by atoms with E-state index < -0.39 is 5.92 Å². The molecule has 3 aromatic rings. The molecule has 0 saturated heterocycles. The maximum absolute atomic E-state index is 13.4. The summed E-state index contributed by atoms with van der Waals surface area (Å²) in [5, 5.41) is 3.96. The van der Waals surface area contributed by atoms with E-state index in [0.29, 0.717) is 41.1 Å². The number of Topliss-reactive ketones (excluding diaryl/α,β-unsaturated/α-hetero) is 1. The number of carbonyl (C=O) groups excluding carboxylic acids is 1. The summed E-state index contributed by atoms with van der Waals surface area (Å²) in [6, 6.07) is 17.7. The number of nitrogens with zero attached hydrogens (tertiary/aromatic N) is 1. The van der Waals surface area contributed by atoms with Crippen LogP contribution in [0.15, 0.2) is 75.8 Å². The monoisotopic (exact) mass is 501 g/mol. The quantitative estimate of drug-likeness (QED) is 0.289. The highest BCUT2D eigenvalue weighted by Gasteiger charge is 2.37. The molecular weight excluding hydrogens is 470 g/mol. The van der Waals surface area contributed by atoms with Crippen molar-refractivity contribution in [2.24, 2.45) is 5.92 Å². The number of thioether (sulfide) groups is 1. The number of hydrogen-bond acceptors (Lipinski definition) is 6. The zero-order chi connectivity index (χ0) is 25.1. The van der Waals surface area contributed by atoms with Crippen LogP contribution in [0.5, 0.6) is 5.75 Å². The van der Waals surface area contributed by atoms with Crippen LogP contribution in [0, 0.1) is 5.92 Å². The van der Waals surface area contributed by atoms with Gasteiger partial charge in [0.1, 0.15) is 18.2 Å². The van der Waals surface area contributed by atoms with Crippen LogP contribution >= 0.6 is 11.8 Å². The molecule has 1 aromatic heterocycles. The summed E-state index contributed by atoms with van der Waals surface area (Å²) in [5.74, 6) is 2.43. The second kappa shape index (κ2) is 10.7. The summed E-state index contributed by atoms with van der Waals surface area (Å²) in [6.45, 7) is 4.84. The molecule has 186 valence electrons. The number of aromatic nitrogens is 2. The van der Waals surface area contributed by atoms with Crippen LogP contribution in [0.3, 0.4) is 0 Å². The Morgan fingerprint density at radius 1 is 1.06 bits per heavy atom. The van der Waals surface area contributed by atoms with Crippen LogP contribution in [0.4, 0.5) is 5.82 Å². The van der Waals surface area contributed by atoms with Gasteiger partial charge in [-0.2, -0.15) is 0 Å². The van der Waals surface area contributed by atoms with Gasteiger partial charge in [0.25, 0.3) is 5.56 Å². The number of aromatic amines is 1. The van der Waals surface area contributed by atoms with Crippen molar-refractivity contribution in [1.82, 2.24) is 9.97 Å². The summed E-state index contributed by atoms with van der Waals surface area (Å²) in [4.78, 5) is 34.2. The molecule has 6 nitrogen and oxygen atoms in total. The van der Waals surface area contributed by atoms with Crippen molar-refractivity contribution in [1.29, 1.82) is 0 Å². The van der Waals surface area contributed by atoms with Crippen molar-refractivity contribution in [3.63, 3.8) is 0 Å². The third kappa shape index (κ3) is 5.26. The van der Waals surface area contributed by atoms with Gasteiger partial charge in [0.05, 0.1) is 5.56 Å². The van der Waals surface area contributed by atoms with Crippen molar-refractivity contribution in [3.05, 3.63) is 92.9 Å². The topological polar surface area (TPSA) is 84.1 Å². The van der Waals surface area contributed by atoms with Crippen LogP contribution < -0.4 is 15.6 Å². The number of ketones is 1. The first-order chi connectivity index (χ1) is 17.5. The number of benzene rings is 2. The van der Waals surface area contributed by atoms with E-state index in [1.165, 1.54) is 0 Å². The van der Waals surface area contributed by atoms with Crippen molar-refractivity contribution in [2.45, 2.75) is 57.2 Å². The van der Waals surface area contributed by atoms with Crippen molar-refractivity contribution in [2.75, 3.05) is 11.1 Å². The van der Waals surface area contributed by atoms with Gasteiger partial charge < -0.3 is 15.0 Å². The summed E-state index contributed by atoms with van der Waals surface area (Å²) < 4.78 is 5.95. The molecule has 2 heterocycles. The molecule has 1 unspecified atom stereocenters. The van der Waals surface area contributed by atoms with Crippen molar-refractivity contribution in [3.8, 4) is 5.75 Å². The Morgan fingerprint density at radius 2 is 1.83 bits per heavy atom. The second-order valence-corrected chi connectivity index (χ2v) is 10.8. The fourth-order valence-electron chi connectivity index (χ4n) is 4.73. The van der Waals surface area contributed by atoms with E-state index in [-0.39, 0.29) is 11.3 Å². The lowest BCUT2D eigenvalue weighted by atomic mass is 9.76. The molecule has 1 aliphatic heterocycles. The number of anilines is 1. The van der Waals surface area contributed by atoms with Crippen LogP contribution in [-0.2, 0) is 11.4 Å². The molecule has 1 aliphatic carbocycles. The maximum atomic E-state index is 13.4. The average molecular weight is 502 g/mol. The molecule has 1 atom stereocenters. The highest BCUT2D eigenvalue weighted by atomic mass is 32.2. The molecule has 0 spiro atoms. The lowest BCUT2D eigenvalue weighted by Crippen LogP contribution is -2.32. The minimum absolute atomic E-state index is 0.0959. The highest BCUT2D eigenvalue weighted by Crippen LogP contribution is 2.43. The number of nitrogens with one attached hydrogen (secondary N) is 2. The molecule has 0 fully saturated rings. The smallest absolute Gasteiger partial charge is 0.257 e. The largest absolute Gasteiger partial charge is 0.489 e. The normalized spacial score (nSPS) is 17.0. The van der Waals surface area contributed by atoms with Crippen molar-refractivity contribution < 1.29 is 9.53 Å². The SMILES string of the molecule is CC(C)CCSc1nc2c(c(=O)[nH]1)C(c1ccc(OCc3ccccc3)cc1)C1=C(CCCC1=O)N2. The van der Waals surface area contributed by atoms with Crippen molar-refractivity contribution >= 4 is 23.4 Å². The Labute approximate surface area is 215 Å². The third-order valence-electron chi connectivity index (χ3n) is 6.63. The van der Waals surface area contributed by atoms with Gasteiger partial charge in [0.15, 0.2) is 10.9 Å². The van der Waals surface area contributed by atoms with Crippen LogP contribution in [0.2, 0.25) is 0 Å². The number of hydrogen-bond donors (Lipinski definition) is 2. The minimum atomic E-state index is -0.446. The molecule has 0 bridgehead atoms. The summed E-state index contributed by atoms with van der Waals surface area (Å²) >= 11 is 1.56. The lowest BCUT2D eigenvalue weighted by Gasteiger charge is -2.32. The predicted octanol–water partition coefficient (Wildman–Crippen LogP) is 6.05. The molecular formula is C29H31N3O3S. The van der Waals surface area contributed by atoms with E-state index in [4.69, 9.17) is 9.72 Å². The lowest BCUT2D eigenvalue weighted by molar-refractivity contribution is -0.116. The number of H-pyrrole nitrogens is 1. The second-order valence-electron chi connectivity index (χ2n) is 9.73. The number of carbonyl (C=O) groups is 1. The van der Waals surface area contributed by atoms with Gasteiger partial charge in [-0.15, -0.1) is 0 Å². The average Bonchev–Trinajstić information content (AvgIpc) is 2.87. The van der Waals surface area contributed by atoms with E-state index in [9.17, 15) is 9.59 Å². The standard InChI is InChI=1S/C29H31N3O3S/c1-18(2)15-16-36-29-31-27-26(28(34)32-29)24(25-22(30-27)9-6-10-23(25)33)20-11-13-21(14-12-20)35-17-19-7-4-3-5-8-19/h3-5,7-8,11-14,18,24H,6,9-10,15-17H2,1-2H3,(H2,30,31,32,34). The fraction of sp³-hybridized carbons (Fsp3) is 0.345. The van der Waals surface area contributed by atoms with E-state index in [1.807, 2.05) is 54.6 Å².